The van der Waals surface area contributed by atoms with E-state index in [0.29, 0.717) is 17.3 Å². The highest BCUT2D eigenvalue weighted by molar-refractivity contribution is 5.99. The molecule has 0 unspecified atom stereocenters. The lowest BCUT2D eigenvalue weighted by atomic mass is 9.92. The molecule has 3 heterocycles. The van der Waals surface area contributed by atoms with Gasteiger partial charge in [-0.3, -0.25) is 15.4 Å². The number of nitrogens with zero attached hydrogens (tertiary/aromatic N) is 4. The highest BCUT2D eigenvalue weighted by Gasteiger charge is 2.29. The molecule has 2 aromatic rings. The van der Waals surface area contributed by atoms with Crippen molar-refractivity contribution in [2.75, 3.05) is 10.6 Å². The van der Waals surface area contributed by atoms with E-state index in [-0.39, 0.29) is 17.5 Å². The summed E-state index contributed by atoms with van der Waals surface area (Å²) in [6, 6.07) is 8.79. The number of hydrogen-bond acceptors (Lipinski definition) is 7. The zero-order valence-corrected chi connectivity index (χ0v) is 18.8. The van der Waals surface area contributed by atoms with E-state index in [9.17, 15) is 4.79 Å². The minimum absolute atomic E-state index is 0.0768. The largest absolute Gasteiger partial charge is 0.374 e. The Balaban J connectivity index is 1.34. The van der Waals surface area contributed by atoms with E-state index >= 15 is 0 Å². The number of aromatic amines is 1. The van der Waals surface area contributed by atoms with Crippen LogP contribution in [0.15, 0.2) is 59.1 Å². The summed E-state index contributed by atoms with van der Waals surface area (Å²) in [6.07, 6.45) is 5.27. The number of urea groups is 1. The highest BCUT2D eigenvalue weighted by atomic mass is 16.7. The Labute approximate surface area is 187 Å². The Morgan fingerprint density at radius 1 is 1.12 bits per heavy atom. The number of fused-ring (bicyclic) bond motifs is 1. The third kappa shape index (κ3) is 4.53. The molecule has 0 fully saturated rings. The number of hydrazine groups is 1. The summed E-state index contributed by atoms with van der Waals surface area (Å²) in [5.74, 6) is 1.07. The maximum absolute atomic E-state index is 12.3. The number of anilines is 2. The lowest BCUT2D eigenvalue weighted by Gasteiger charge is -2.29. The fourth-order valence-corrected chi connectivity index (χ4v) is 3.19. The van der Waals surface area contributed by atoms with Gasteiger partial charge >= 0.3 is 6.03 Å². The van der Waals surface area contributed by atoms with E-state index in [1.54, 1.807) is 41.9 Å². The first-order chi connectivity index (χ1) is 15.2. The maximum Gasteiger partial charge on any atom is 0.324 e. The first-order valence-corrected chi connectivity index (χ1v) is 10.4. The van der Waals surface area contributed by atoms with Crippen LogP contribution in [0.25, 0.3) is 0 Å². The molecule has 2 aliphatic heterocycles. The molecule has 0 spiro atoms. The van der Waals surface area contributed by atoms with Crippen LogP contribution in [-0.2, 0) is 5.41 Å². The van der Waals surface area contributed by atoms with Gasteiger partial charge in [0.15, 0.2) is 11.6 Å². The van der Waals surface area contributed by atoms with Crippen molar-refractivity contribution in [2.24, 2.45) is 4.99 Å². The molecule has 0 atom stereocenters. The molecule has 10 nitrogen and oxygen atoms in total. The quantitative estimate of drug-likeness (QED) is 0.566. The van der Waals surface area contributed by atoms with Crippen LogP contribution in [0.4, 0.5) is 16.3 Å². The summed E-state index contributed by atoms with van der Waals surface area (Å²) >= 11 is 0. The van der Waals surface area contributed by atoms with Gasteiger partial charge in [0.2, 0.25) is 0 Å². The first kappa shape index (κ1) is 21.3. The number of benzene rings is 1. The molecule has 32 heavy (non-hydrogen) atoms. The molecule has 4 N–H and O–H groups in total. The van der Waals surface area contributed by atoms with Crippen molar-refractivity contribution in [2.45, 2.75) is 46.1 Å². The second kappa shape index (κ2) is 8.29. The minimum Gasteiger partial charge on any atom is -0.374 e. The molecule has 0 aliphatic carbocycles. The molecule has 0 bridgehead atoms. The van der Waals surface area contributed by atoms with Gasteiger partial charge in [-0.15, -0.1) is 0 Å². The zero-order valence-electron chi connectivity index (χ0n) is 18.8. The van der Waals surface area contributed by atoms with E-state index in [0.717, 1.165) is 17.1 Å². The molecule has 2 aliphatic rings. The fraction of sp³-hybridized carbons (Fsp3) is 0.318. The van der Waals surface area contributed by atoms with Gasteiger partial charge in [0.1, 0.15) is 17.7 Å². The van der Waals surface area contributed by atoms with Crippen LogP contribution in [0.3, 0.4) is 0 Å². The molecule has 1 aromatic carbocycles. The Bertz CT molecular complexity index is 1080. The maximum atomic E-state index is 12.3. The summed E-state index contributed by atoms with van der Waals surface area (Å²) in [5.41, 5.74) is 6.51. The third-order valence-electron chi connectivity index (χ3n) is 4.93. The number of H-pyrrole nitrogens is 1. The topological polar surface area (TPSA) is 110 Å². The van der Waals surface area contributed by atoms with Crippen LogP contribution in [0.1, 0.15) is 40.3 Å². The van der Waals surface area contributed by atoms with Crippen LogP contribution >= 0.6 is 0 Å². The number of amides is 2. The van der Waals surface area contributed by atoms with Gasteiger partial charge in [-0.25, -0.2) is 9.79 Å². The molecule has 0 saturated heterocycles. The predicted molar refractivity (Wildman–Crippen MR) is 124 cm³/mol. The Morgan fingerprint density at radius 3 is 2.53 bits per heavy atom. The lowest BCUT2D eigenvalue weighted by molar-refractivity contribution is 0.0614. The number of carbonyl (C=O) groups excluding carboxylic acids is 1. The van der Waals surface area contributed by atoms with Crippen molar-refractivity contribution in [3.05, 3.63) is 59.8 Å². The monoisotopic (exact) mass is 436 g/mol. The van der Waals surface area contributed by atoms with Crippen LogP contribution < -0.4 is 20.9 Å². The van der Waals surface area contributed by atoms with Gasteiger partial charge in [-0.2, -0.15) is 10.2 Å². The summed E-state index contributed by atoms with van der Waals surface area (Å²) in [4.78, 5) is 22.5. The number of carbonyl (C=O) groups is 1. The van der Waals surface area contributed by atoms with Gasteiger partial charge < -0.3 is 15.6 Å². The molecule has 4 rings (SSSR count). The third-order valence-corrected chi connectivity index (χ3v) is 4.93. The molecule has 1 aromatic heterocycles. The van der Waals surface area contributed by atoms with Crippen molar-refractivity contribution in [3.63, 3.8) is 0 Å². The van der Waals surface area contributed by atoms with Crippen molar-refractivity contribution in [1.29, 1.82) is 0 Å². The second-order valence-corrected chi connectivity index (χ2v) is 8.84. The molecule has 10 heteroatoms. The Hall–Kier alpha value is -3.95. The zero-order chi connectivity index (χ0) is 22.9. The van der Waals surface area contributed by atoms with Crippen LogP contribution in [0, 0.1) is 0 Å². The lowest BCUT2D eigenvalue weighted by Crippen LogP contribution is -2.37. The normalized spacial score (nSPS) is 15.2. The first-order valence-electron chi connectivity index (χ1n) is 10.4. The Morgan fingerprint density at radius 2 is 1.88 bits per heavy atom. The Kier molecular flexibility index (Phi) is 5.52. The van der Waals surface area contributed by atoms with Crippen molar-refractivity contribution >= 4 is 23.9 Å². The molecule has 2 amide bonds. The average molecular weight is 437 g/mol. The second-order valence-electron chi connectivity index (χ2n) is 8.84. The average Bonchev–Trinajstić information content (AvgIpc) is 3.37. The van der Waals surface area contributed by atoms with Crippen molar-refractivity contribution in [3.8, 4) is 5.75 Å². The van der Waals surface area contributed by atoms with Gasteiger partial charge in [-0.1, -0.05) is 20.8 Å². The fourth-order valence-electron chi connectivity index (χ4n) is 3.19. The number of hydroxylamine groups is 2. The molecular weight excluding hydrogens is 408 g/mol. The molecule has 0 radical (unpaired) electrons. The predicted octanol–water partition coefficient (Wildman–Crippen LogP) is 3.90. The van der Waals surface area contributed by atoms with E-state index in [2.05, 4.69) is 65.9 Å². The number of aromatic nitrogens is 2. The summed E-state index contributed by atoms with van der Waals surface area (Å²) in [5, 5.41) is 16.2. The van der Waals surface area contributed by atoms with Gasteiger partial charge in [-0.05, 0) is 38.1 Å². The molecule has 0 saturated carbocycles. The number of rotatable bonds is 5. The van der Waals surface area contributed by atoms with Crippen molar-refractivity contribution in [1.82, 2.24) is 25.7 Å². The summed E-state index contributed by atoms with van der Waals surface area (Å²) in [7, 11) is 0. The van der Waals surface area contributed by atoms with E-state index < -0.39 is 0 Å². The van der Waals surface area contributed by atoms with E-state index in [4.69, 9.17) is 4.84 Å². The van der Waals surface area contributed by atoms with E-state index in [1.165, 1.54) is 0 Å². The smallest absolute Gasteiger partial charge is 0.324 e. The van der Waals surface area contributed by atoms with Crippen LogP contribution in [-0.4, -0.2) is 38.7 Å². The molecular formula is C22H28N8O2. The number of hydrogen-bond donors (Lipinski definition) is 4. The van der Waals surface area contributed by atoms with E-state index in [1.807, 2.05) is 17.3 Å². The highest BCUT2D eigenvalue weighted by Crippen LogP contribution is 2.28. The SMILES string of the molecule is CC(C)N1NC=C2C1=CN=CN2Oc1ccc(NC(=O)Nc2cc(C(C)(C)C)[nH]n2)cc1. The standard InChI is InChI=1S/C22H28N8O2/c1-14(2)30-18-11-23-13-29(17(18)12-24-30)32-16-8-6-15(7-9-16)25-21(31)26-20-10-19(27-28-20)22(3,4)5/h6-14,24H,1-5H3,(H3,25,26,27,28,31). The number of nitrogens with one attached hydrogen (secondary N) is 4. The molecule has 168 valence electrons. The van der Waals surface area contributed by atoms with Gasteiger partial charge in [0.05, 0.1) is 6.20 Å². The van der Waals surface area contributed by atoms with Crippen LogP contribution in [0.2, 0.25) is 0 Å². The van der Waals surface area contributed by atoms with Gasteiger partial charge in [0, 0.05) is 35.1 Å². The summed E-state index contributed by atoms with van der Waals surface area (Å²) < 4.78 is 0. The summed E-state index contributed by atoms with van der Waals surface area (Å²) in [6.45, 7) is 10.4. The number of aliphatic imine (C=N–C) groups is 1. The minimum atomic E-state index is -0.375. The van der Waals surface area contributed by atoms with Gasteiger partial charge in [0.25, 0.3) is 0 Å². The van der Waals surface area contributed by atoms with Crippen molar-refractivity contribution < 1.29 is 9.63 Å². The van der Waals surface area contributed by atoms with Crippen LogP contribution in [0.5, 0.6) is 5.75 Å².